The van der Waals surface area contributed by atoms with E-state index in [9.17, 15) is 19.2 Å². The molecule has 0 aromatic heterocycles. The maximum atomic E-state index is 12.9. The molecule has 0 atom stereocenters. The standard InChI is InChI=1S/C29H25BrN2O6S/c1-17-18(2)22(11-10-21(17)30)31-27(34)16-38-24-12-9-19(13-25(24)37-3)14-26-28(35)32(29(36)39-26)15-23(33)20-7-5-4-6-8-20/h4-14H,15-16H2,1-3H3,(H,31,34)/b26-14+. The first-order valence-corrected chi connectivity index (χ1v) is 13.5. The third kappa shape index (κ3) is 6.58. The van der Waals surface area contributed by atoms with Crippen molar-refractivity contribution in [3.8, 4) is 11.5 Å². The van der Waals surface area contributed by atoms with Gasteiger partial charge in [0.05, 0.1) is 18.6 Å². The average molecular weight is 609 g/mol. The third-order valence-electron chi connectivity index (χ3n) is 6.11. The molecule has 3 aromatic carbocycles. The Kier molecular flexibility index (Phi) is 8.88. The highest BCUT2D eigenvalue weighted by Crippen LogP contribution is 2.35. The number of methoxy groups -OCH3 is 1. The number of ketones is 1. The lowest BCUT2D eigenvalue weighted by Gasteiger charge is -2.14. The maximum absolute atomic E-state index is 12.9. The van der Waals surface area contributed by atoms with Crippen LogP contribution in [0, 0.1) is 13.8 Å². The van der Waals surface area contributed by atoms with Gasteiger partial charge in [-0.2, -0.15) is 0 Å². The number of anilines is 1. The van der Waals surface area contributed by atoms with Crippen molar-refractivity contribution < 1.29 is 28.7 Å². The van der Waals surface area contributed by atoms with E-state index in [2.05, 4.69) is 21.2 Å². The minimum Gasteiger partial charge on any atom is -0.493 e. The summed E-state index contributed by atoms with van der Waals surface area (Å²) in [7, 11) is 1.46. The molecule has 0 bridgehead atoms. The molecule has 0 spiro atoms. The number of benzene rings is 3. The number of hydrogen-bond donors (Lipinski definition) is 1. The van der Waals surface area contributed by atoms with Crippen LogP contribution in [0.15, 0.2) is 70.0 Å². The van der Waals surface area contributed by atoms with Crippen LogP contribution in [-0.4, -0.2) is 48.0 Å². The summed E-state index contributed by atoms with van der Waals surface area (Å²) in [4.78, 5) is 51.4. The Morgan fingerprint density at radius 2 is 1.74 bits per heavy atom. The molecule has 39 heavy (non-hydrogen) atoms. The SMILES string of the molecule is COc1cc(/C=C2/SC(=O)N(CC(=O)c3ccccc3)C2=O)ccc1OCC(=O)Nc1ccc(Br)c(C)c1C. The molecule has 0 aliphatic carbocycles. The Bertz CT molecular complexity index is 1490. The van der Waals surface area contributed by atoms with Crippen LogP contribution in [0.4, 0.5) is 10.5 Å². The van der Waals surface area contributed by atoms with E-state index in [1.54, 1.807) is 54.6 Å². The number of amides is 3. The number of hydrogen-bond acceptors (Lipinski definition) is 7. The zero-order chi connectivity index (χ0) is 28.1. The lowest BCUT2D eigenvalue weighted by molar-refractivity contribution is -0.122. The number of carbonyl (C=O) groups excluding carboxylic acids is 4. The summed E-state index contributed by atoms with van der Waals surface area (Å²) in [6.45, 7) is 3.32. The number of halogens is 1. The number of nitrogens with one attached hydrogen (secondary N) is 1. The van der Waals surface area contributed by atoms with Crippen molar-refractivity contribution >= 4 is 62.3 Å². The van der Waals surface area contributed by atoms with Crippen molar-refractivity contribution in [2.75, 3.05) is 25.6 Å². The van der Waals surface area contributed by atoms with Crippen LogP contribution < -0.4 is 14.8 Å². The number of thioether (sulfide) groups is 1. The summed E-state index contributed by atoms with van der Waals surface area (Å²) in [5, 5.41) is 2.34. The van der Waals surface area contributed by atoms with Crippen molar-refractivity contribution in [1.82, 2.24) is 4.90 Å². The molecule has 3 aromatic rings. The topological polar surface area (TPSA) is 102 Å². The summed E-state index contributed by atoms with van der Waals surface area (Å²) in [5.74, 6) is -0.494. The minimum atomic E-state index is -0.538. The fourth-order valence-electron chi connectivity index (χ4n) is 3.79. The van der Waals surface area contributed by atoms with Gasteiger partial charge in [0.25, 0.3) is 17.1 Å². The van der Waals surface area contributed by atoms with Gasteiger partial charge in [0.2, 0.25) is 0 Å². The molecule has 1 aliphatic heterocycles. The molecule has 200 valence electrons. The second kappa shape index (κ2) is 12.3. The summed E-state index contributed by atoms with van der Waals surface area (Å²) < 4.78 is 12.1. The van der Waals surface area contributed by atoms with Crippen molar-refractivity contribution in [2.45, 2.75) is 13.8 Å². The first kappa shape index (κ1) is 28.1. The van der Waals surface area contributed by atoms with Gasteiger partial charge in [-0.05, 0) is 72.6 Å². The van der Waals surface area contributed by atoms with Gasteiger partial charge in [0.15, 0.2) is 23.9 Å². The van der Waals surface area contributed by atoms with E-state index >= 15 is 0 Å². The van der Waals surface area contributed by atoms with Crippen LogP contribution in [0.25, 0.3) is 6.08 Å². The fraction of sp³-hybridized carbons (Fsp3) is 0.172. The second-order valence-electron chi connectivity index (χ2n) is 8.65. The van der Waals surface area contributed by atoms with Crippen LogP contribution in [0.5, 0.6) is 11.5 Å². The smallest absolute Gasteiger partial charge is 0.293 e. The Balaban J connectivity index is 1.41. The monoisotopic (exact) mass is 608 g/mol. The van der Waals surface area contributed by atoms with Gasteiger partial charge in [0.1, 0.15) is 0 Å². The highest BCUT2D eigenvalue weighted by Gasteiger charge is 2.36. The third-order valence-corrected chi connectivity index (χ3v) is 7.88. The van der Waals surface area contributed by atoms with Crippen molar-refractivity contribution in [3.05, 3.63) is 92.3 Å². The van der Waals surface area contributed by atoms with Crippen LogP contribution in [0.2, 0.25) is 0 Å². The molecule has 0 unspecified atom stereocenters. The molecule has 1 aliphatic rings. The summed E-state index contributed by atoms with van der Waals surface area (Å²) >= 11 is 4.24. The van der Waals surface area contributed by atoms with Crippen molar-refractivity contribution in [1.29, 1.82) is 0 Å². The predicted molar refractivity (Wildman–Crippen MR) is 154 cm³/mol. The zero-order valence-corrected chi connectivity index (χ0v) is 23.9. The highest BCUT2D eigenvalue weighted by molar-refractivity contribution is 9.10. The van der Waals surface area contributed by atoms with Crippen LogP contribution >= 0.6 is 27.7 Å². The van der Waals surface area contributed by atoms with Crippen LogP contribution in [0.1, 0.15) is 27.0 Å². The van der Waals surface area contributed by atoms with E-state index in [1.165, 1.54) is 7.11 Å². The number of Topliss-reactive ketones (excluding diaryl/α,β-unsaturated/α-hetero) is 1. The first-order valence-electron chi connectivity index (χ1n) is 11.9. The highest BCUT2D eigenvalue weighted by atomic mass is 79.9. The minimum absolute atomic E-state index is 0.191. The van der Waals surface area contributed by atoms with Gasteiger partial charge < -0.3 is 14.8 Å². The summed E-state index contributed by atoms with van der Waals surface area (Å²) in [5.41, 5.74) is 3.70. The van der Waals surface area contributed by atoms with Gasteiger partial charge in [0, 0.05) is 15.7 Å². The molecule has 0 saturated carbocycles. The molecule has 8 nitrogen and oxygen atoms in total. The quantitative estimate of drug-likeness (QED) is 0.234. The lowest BCUT2D eigenvalue weighted by Crippen LogP contribution is -2.33. The first-order chi connectivity index (χ1) is 18.7. The van der Waals surface area contributed by atoms with E-state index in [0.29, 0.717) is 28.3 Å². The Hall–Kier alpha value is -3.89. The molecule has 1 saturated heterocycles. The lowest BCUT2D eigenvalue weighted by atomic mass is 10.1. The molecule has 10 heteroatoms. The predicted octanol–water partition coefficient (Wildman–Crippen LogP) is 6.01. The van der Waals surface area contributed by atoms with Gasteiger partial charge in [-0.1, -0.05) is 52.3 Å². The number of imide groups is 1. The molecular weight excluding hydrogens is 584 g/mol. The average Bonchev–Trinajstić information content (AvgIpc) is 3.20. The molecule has 1 fully saturated rings. The van der Waals surface area contributed by atoms with E-state index in [4.69, 9.17) is 9.47 Å². The number of rotatable bonds is 9. The van der Waals surface area contributed by atoms with E-state index in [0.717, 1.165) is 32.3 Å². The van der Waals surface area contributed by atoms with Gasteiger partial charge in [-0.3, -0.25) is 24.1 Å². The van der Waals surface area contributed by atoms with Crippen molar-refractivity contribution in [3.63, 3.8) is 0 Å². The molecule has 4 rings (SSSR count). The van der Waals surface area contributed by atoms with Crippen LogP contribution in [0.3, 0.4) is 0 Å². The fourth-order valence-corrected chi connectivity index (χ4v) is 5.06. The molecular formula is C29H25BrN2O6S. The molecule has 1 heterocycles. The summed E-state index contributed by atoms with van der Waals surface area (Å²) in [6.07, 6.45) is 1.55. The van der Waals surface area contributed by atoms with Gasteiger partial charge >= 0.3 is 0 Å². The second-order valence-corrected chi connectivity index (χ2v) is 10.5. The molecule has 0 radical (unpaired) electrons. The Morgan fingerprint density at radius 1 is 1.00 bits per heavy atom. The van der Waals surface area contributed by atoms with E-state index in [-0.39, 0.29) is 29.7 Å². The molecule has 1 N–H and O–H groups in total. The van der Waals surface area contributed by atoms with Crippen molar-refractivity contribution in [2.24, 2.45) is 0 Å². The number of nitrogens with zero attached hydrogens (tertiary/aromatic N) is 1. The van der Waals surface area contributed by atoms with E-state index < -0.39 is 11.1 Å². The number of carbonyl (C=O) groups is 4. The largest absolute Gasteiger partial charge is 0.493 e. The Morgan fingerprint density at radius 3 is 2.46 bits per heavy atom. The van der Waals surface area contributed by atoms with E-state index in [1.807, 2.05) is 26.0 Å². The maximum Gasteiger partial charge on any atom is 0.293 e. The molecule has 3 amide bonds. The van der Waals surface area contributed by atoms with Gasteiger partial charge in [-0.25, -0.2) is 0 Å². The number of ether oxygens (including phenoxy) is 2. The Labute approximate surface area is 238 Å². The van der Waals surface area contributed by atoms with Crippen LogP contribution in [-0.2, 0) is 9.59 Å². The normalized spacial score (nSPS) is 14.1. The summed E-state index contributed by atoms with van der Waals surface area (Å²) in [6, 6.07) is 17.1. The van der Waals surface area contributed by atoms with Gasteiger partial charge in [-0.15, -0.1) is 0 Å². The zero-order valence-electron chi connectivity index (χ0n) is 21.4.